The number of carboxylic acids is 1. The molecule has 0 bridgehead atoms. The van der Waals surface area contributed by atoms with Gasteiger partial charge in [-0.2, -0.15) is 0 Å². The number of methoxy groups -OCH3 is 1. The molecule has 0 aliphatic rings. The number of nitrogens with one attached hydrogen (secondary N) is 1. The normalized spacial score (nSPS) is 11.1. The topological polar surface area (TPSA) is 136 Å². The van der Waals surface area contributed by atoms with Crippen molar-refractivity contribution in [3.63, 3.8) is 0 Å². The van der Waals surface area contributed by atoms with Gasteiger partial charge in [-0.25, -0.2) is 17.9 Å². The largest absolute Gasteiger partial charge is 0.496 e. The number of amides is 1. The Morgan fingerprint density at radius 3 is 2.55 bits per heavy atom. The zero-order chi connectivity index (χ0) is 15.3. The van der Waals surface area contributed by atoms with E-state index in [1.165, 1.54) is 19.2 Å². The van der Waals surface area contributed by atoms with Gasteiger partial charge in [0.05, 0.1) is 12.0 Å². The molecule has 0 aromatic heterocycles. The van der Waals surface area contributed by atoms with Crippen LogP contribution in [0.4, 0.5) is 0 Å². The molecule has 110 valence electrons. The summed E-state index contributed by atoms with van der Waals surface area (Å²) in [5.74, 6) is -1.90. The van der Waals surface area contributed by atoms with Gasteiger partial charge in [-0.15, -0.1) is 0 Å². The van der Waals surface area contributed by atoms with Gasteiger partial charge in [0.25, 0.3) is 0 Å². The summed E-state index contributed by atoms with van der Waals surface area (Å²) in [7, 11) is -2.63. The summed E-state index contributed by atoms with van der Waals surface area (Å²) in [6.45, 7) is -0.161. The van der Waals surface area contributed by atoms with Crippen molar-refractivity contribution >= 4 is 21.9 Å². The van der Waals surface area contributed by atoms with Crippen LogP contribution in [-0.4, -0.2) is 39.1 Å². The first-order valence-electron chi connectivity index (χ1n) is 5.47. The fourth-order valence-corrected chi connectivity index (χ4v) is 2.47. The Balaban J connectivity index is 3.04. The average molecular weight is 302 g/mol. The van der Waals surface area contributed by atoms with E-state index >= 15 is 0 Å². The van der Waals surface area contributed by atoms with Gasteiger partial charge in [0.2, 0.25) is 15.9 Å². The monoisotopic (exact) mass is 302 g/mol. The summed E-state index contributed by atoms with van der Waals surface area (Å²) in [6, 6.07) is 3.43. The van der Waals surface area contributed by atoms with Crippen LogP contribution < -0.4 is 15.2 Å². The second-order valence-corrected chi connectivity index (χ2v) is 5.55. The minimum Gasteiger partial charge on any atom is -0.496 e. The van der Waals surface area contributed by atoms with Gasteiger partial charge in [0.1, 0.15) is 11.3 Å². The van der Waals surface area contributed by atoms with E-state index < -0.39 is 21.9 Å². The highest BCUT2D eigenvalue weighted by Crippen LogP contribution is 2.22. The van der Waals surface area contributed by atoms with Crippen molar-refractivity contribution in [2.45, 2.75) is 11.3 Å². The Morgan fingerprint density at radius 2 is 2.05 bits per heavy atom. The highest BCUT2D eigenvalue weighted by molar-refractivity contribution is 7.89. The summed E-state index contributed by atoms with van der Waals surface area (Å²) in [5, 5.41) is 8.98. The molecule has 0 saturated carbocycles. The van der Waals surface area contributed by atoms with Gasteiger partial charge in [-0.3, -0.25) is 4.79 Å². The number of benzene rings is 1. The Kier molecular flexibility index (Phi) is 5.06. The van der Waals surface area contributed by atoms with E-state index in [9.17, 15) is 18.0 Å². The van der Waals surface area contributed by atoms with Gasteiger partial charge in [-0.05, 0) is 18.2 Å². The number of carboxylic acid groups (broad SMARTS) is 1. The molecule has 20 heavy (non-hydrogen) atoms. The number of carbonyl (C=O) groups excluding carboxylic acids is 1. The van der Waals surface area contributed by atoms with Crippen molar-refractivity contribution in [3.8, 4) is 5.75 Å². The molecule has 1 rings (SSSR count). The lowest BCUT2D eigenvalue weighted by Gasteiger charge is -2.09. The minimum atomic E-state index is -3.91. The smallest absolute Gasteiger partial charge is 0.339 e. The first-order valence-corrected chi connectivity index (χ1v) is 6.95. The molecule has 0 saturated heterocycles. The van der Waals surface area contributed by atoms with Crippen LogP contribution in [0.25, 0.3) is 0 Å². The lowest BCUT2D eigenvalue weighted by atomic mass is 10.2. The van der Waals surface area contributed by atoms with E-state index in [4.69, 9.17) is 15.6 Å². The molecular formula is C11H14N2O6S. The quantitative estimate of drug-likeness (QED) is 0.624. The summed E-state index contributed by atoms with van der Waals surface area (Å²) in [5.41, 5.74) is 4.62. The zero-order valence-electron chi connectivity index (χ0n) is 10.6. The maximum Gasteiger partial charge on any atom is 0.339 e. The van der Waals surface area contributed by atoms with Crippen LogP contribution in [0.3, 0.4) is 0 Å². The Morgan fingerprint density at radius 1 is 1.40 bits per heavy atom. The molecular weight excluding hydrogens is 288 g/mol. The van der Waals surface area contributed by atoms with Gasteiger partial charge in [0.15, 0.2) is 0 Å². The van der Waals surface area contributed by atoms with Crippen molar-refractivity contribution in [1.29, 1.82) is 0 Å². The molecule has 0 spiro atoms. The van der Waals surface area contributed by atoms with Crippen LogP contribution in [-0.2, 0) is 14.8 Å². The Hall–Kier alpha value is -2.13. The number of nitrogens with two attached hydrogens (primary N) is 1. The van der Waals surface area contributed by atoms with Crippen molar-refractivity contribution in [3.05, 3.63) is 23.8 Å². The molecule has 9 heteroatoms. The maximum absolute atomic E-state index is 11.9. The lowest BCUT2D eigenvalue weighted by molar-refractivity contribution is -0.117. The summed E-state index contributed by atoms with van der Waals surface area (Å²) in [4.78, 5) is 21.3. The van der Waals surface area contributed by atoms with Crippen LogP contribution >= 0.6 is 0 Å². The van der Waals surface area contributed by atoms with Gasteiger partial charge >= 0.3 is 5.97 Å². The number of aromatic carboxylic acids is 1. The van der Waals surface area contributed by atoms with E-state index in [0.717, 1.165) is 6.07 Å². The van der Waals surface area contributed by atoms with Gasteiger partial charge < -0.3 is 15.6 Å². The molecule has 0 unspecified atom stereocenters. The molecule has 0 aliphatic heterocycles. The predicted molar refractivity (Wildman–Crippen MR) is 69.0 cm³/mol. The van der Waals surface area contributed by atoms with Crippen molar-refractivity contribution in [2.24, 2.45) is 5.73 Å². The lowest BCUT2D eigenvalue weighted by Crippen LogP contribution is -2.28. The van der Waals surface area contributed by atoms with E-state index in [1.807, 2.05) is 0 Å². The fourth-order valence-electron chi connectivity index (χ4n) is 1.41. The molecule has 0 radical (unpaired) electrons. The first-order chi connectivity index (χ1) is 9.27. The van der Waals surface area contributed by atoms with E-state index in [1.54, 1.807) is 0 Å². The molecule has 1 aromatic rings. The second kappa shape index (κ2) is 6.35. The summed E-state index contributed by atoms with van der Waals surface area (Å²) in [6.07, 6.45) is -0.152. The molecule has 1 aromatic carbocycles. The first kappa shape index (κ1) is 15.9. The Labute approximate surface area is 115 Å². The molecule has 8 nitrogen and oxygen atoms in total. The molecule has 1 amide bonds. The molecule has 0 aliphatic carbocycles. The highest BCUT2D eigenvalue weighted by atomic mass is 32.2. The number of ether oxygens (including phenoxy) is 1. The van der Waals surface area contributed by atoms with Crippen molar-refractivity contribution in [2.75, 3.05) is 13.7 Å². The van der Waals surface area contributed by atoms with E-state index in [2.05, 4.69) is 4.72 Å². The van der Waals surface area contributed by atoms with Gasteiger partial charge in [-0.1, -0.05) is 0 Å². The maximum atomic E-state index is 11.9. The minimum absolute atomic E-state index is 0.0496. The third-order valence-corrected chi connectivity index (χ3v) is 3.83. The molecule has 0 atom stereocenters. The number of carbonyl (C=O) groups is 2. The van der Waals surface area contributed by atoms with Crippen LogP contribution in [0.2, 0.25) is 0 Å². The van der Waals surface area contributed by atoms with Crippen LogP contribution in [0.5, 0.6) is 5.75 Å². The second-order valence-electron chi connectivity index (χ2n) is 3.78. The third kappa shape index (κ3) is 3.93. The average Bonchev–Trinajstić information content (AvgIpc) is 2.37. The molecule has 4 N–H and O–H groups in total. The van der Waals surface area contributed by atoms with Crippen molar-refractivity contribution < 1.29 is 27.9 Å². The standard InChI is InChI=1S/C11H14N2O6S/c1-19-9-3-2-7(6-8(9)11(15)16)20(17,18)13-5-4-10(12)14/h2-3,6,13H,4-5H2,1H3,(H2,12,14)(H,15,16). The Bertz CT molecular complexity index is 626. The van der Waals surface area contributed by atoms with Gasteiger partial charge in [0, 0.05) is 13.0 Å². The van der Waals surface area contributed by atoms with Crippen LogP contribution in [0.15, 0.2) is 23.1 Å². The number of sulfonamides is 1. The van der Waals surface area contributed by atoms with Crippen molar-refractivity contribution in [1.82, 2.24) is 4.72 Å². The summed E-state index contributed by atoms with van der Waals surface area (Å²) >= 11 is 0. The van der Waals surface area contributed by atoms with E-state index in [-0.39, 0.29) is 29.2 Å². The SMILES string of the molecule is COc1ccc(S(=O)(=O)NCCC(N)=O)cc1C(=O)O. The van der Waals surface area contributed by atoms with Crippen LogP contribution in [0, 0.1) is 0 Å². The third-order valence-electron chi connectivity index (χ3n) is 2.38. The fraction of sp³-hybridized carbons (Fsp3) is 0.273. The molecule has 0 fully saturated rings. The summed E-state index contributed by atoms with van der Waals surface area (Å²) < 4.78 is 30.8. The zero-order valence-corrected chi connectivity index (χ0v) is 11.4. The number of hydrogen-bond donors (Lipinski definition) is 3. The number of primary amides is 1. The highest BCUT2D eigenvalue weighted by Gasteiger charge is 2.19. The number of rotatable bonds is 7. The molecule has 0 heterocycles. The van der Waals surface area contributed by atoms with Crippen LogP contribution in [0.1, 0.15) is 16.8 Å². The van der Waals surface area contributed by atoms with E-state index in [0.29, 0.717) is 0 Å². The predicted octanol–water partition coefficient (Wildman–Crippen LogP) is -0.453. The number of hydrogen-bond acceptors (Lipinski definition) is 5.